The number of benzene rings is 1. The van der Waals surface area contributed by atoms with Crippen LogP contribution in [0.3, 0.4) is 0 Å². The van der Waals surface area contributed by atoms with Gasteiger partial charge < -0.3 is 24.5 Å². The molecule has 3 aliphatic carbocycles. The SMILES string of the molecule is CC(C)C[C@H](NC(=O)[C@@H](CC(=O)OCc1ccccc1)[C@@H](C)O)B1O[C@@H]2C[C@@H]3C[C@@H](C3(C)C)[C@]2(C)O1. The number of aliphatic hydroxyl groups excluding tert-OH is 1. The third-order valence-corrected chi connectivity index (χ3v) is 8.90. The zero-order valence-electron chi connectivity index (χ0n) is 22.5. The monoisotopic (exact) mass is 499 g/mol. The molecule has 1 heterocycles. The van der Waals surface area contributed by atoms with E-state index in [1.165, 1.54) is 6.92 Å². The molecule has 5 rings (SSSR count). The molecule has 3 saturated carbocycles. The number of hydrogen-bond acceptors (Lipinski definition) is 6. The number of rotatable bonds is 10. The predicted octanol–water partition coefficient (Wildman–Crippen LogP) is 3.92. The van der Waals surface area contributed by atoms with E-state index in [9.17, 15) is 14.7 Å². The van der Waals surface area contributed by atoms with Gasteiger partial charge in [0.2, 0.25) is 5.91 Å². The molecule has 8 heteroatoms. The Kier molecular flexibility index (Phi) is 7.89. The maximum absolute atomic E-state index is 13.3. The molecule has 1 aromatic rings. The molecule has 0 aromatic heterocycles. The molecule has 36 heavy (non-hydrogen) atoms. The fourth-order valence-electron chi connectivity index (χ4n) is 6.57. The van der Waals surface area contributed by atoms with Gasteiger partial charge in [0, 0.05) is 0 Å². The number of amides is 1. The highest BCUT2D eigenvalue weighted by molar-refractivity contribution is 6.47. The Hall–Kier alpha value is -1.90. The molecule has 198 valence electrons. The quantitative estimate of drug-likeness (QED) is 0.375. The first-order valence-electron chi connectivity index (χ1n) is 13.4. The van der Waals surface area contributed by atoms with Gasteiger partial charge in [0.25, 0.3) is 0 Å². The number of esters is 1. The molecule has 7 nitrogen and oxygen atoms in total. The molecule has 1 saturated heterocycles. The lowest BCUT2D eigenvalue weighted by Crippen LogP contribution is -2.65. The van der Waals surface area contributed by atoms with Gasteiger partial charge in [0.05, 0.1) is 36.1 Å². The summed E-state index contributed by atoms with van der Waals surface area (Å²) in [7, 11) is -0.554. The van der Waals surface area contributed by atoms with Crippen molar-refractivity contribution in [1.82, 2.24) is 5.32 Å². The van der Waals surface area contributed by atoms with Gasteiger partial charge in [0.1, 0.15) is 6.61 Å². The predicted molar refractivity (Wildman–Crippen MR) is 138 cm³/mol. The fourth-order valence-corrected chi connectivity index (χ4v) is 6.57. The maximum atomic E-state index is 13.3. The minimum absolute atomic E-state index is 0.0198. The van der Waals surface area contributed by atoms with E-state index in [0.29, 0.717) is 24.2 Å². The van der Waals surface area contributed by atoms with Crippen LogP contribution in [0.1, 0.15) is 72.8 Å². The van der Waals surface area contributed by atoms with E-state index in [1.807, 2.05) is 30.3 Å². The lowest BCUT2D eigenvalue weighted by Gasteiger charge is -2.64. The molecule has 0 unspecified atom stereocenters. The van der Waals surface area contributed by atoms with Crippen molar-refractivity contribution < 1.29 is 28.7 Å². The van der Waals surface area contributed by atoms with Crippen LogP contribution in [0.5, 0.6) is 0 Å². The van der Waals surface area contributed by atoms with E-state index in [0.717, 1.165) is 18.4 Å². The van der Waals surface area contributed by atoms with Crippen molar-refractivity contribution in [2.45, 2.75) is 97.6 Å². The zero-order valence-corrected chi connectivity index (χ0v) is 22.5. The van der Waals surface area contributed by atoms with Gasteiger partial charge in [-0.3, -0.25) is 9.59 Å². The molecule has 1 aliphatic heterocycles. The van der Waals surface area contributed by atoms with E-state index >= 15 is 0 Å². The van der Waals surface area contributed by atoms with Crippen LogP contribution < -0.4 is 5.32 Å². The van der Waals surface area contributed by atoms with Crippen LogP contribution in [0, 0.1) is 29.1 Å². The van der Waals surface area contributed by atoms with E-state index in [4.69, 9.17) is 14.0 Å². The van der Waals surface area contributed by atoms with Crippen molar-refractivity contribution in [2.75, 3.05) is 0 Å². The first-order chi connectivity index (χ1) is 16.9. The summed E-state index contributed by atoms with van der Waals surface area (Å²) in [6.07, 6.45) is 1.62. The largest absolute Gasteiger partial charge is 0.481 e. The third kappa shape index (κ3) is 5.36. The number of carbonyl (C=O) groups is 2. The Morgan fingerprint density at radius 3 is 2.47 bits per heavy atom. The second kappa shape index (κ2) is 10.5. The Balaban J connectivity index is 1.40. The minimum Gasteiger partial charge on any atom is -0.461 e. The molecule has 4 fully saturated rings. The summed E-state index contributed by atoms with van der Waals surface area (Å²) in [5.41, 5.74) is 0.735. The Morgan fingerprint density at radius 2 is 1.86 bits per heavy atom. The maximum Gasteiger partial charge on any atom is 0.481 e. The van der Waals surface area contributed by atoms with Crippen LogP contribution in [0.2, 0.25) is 0 Å². The average Bonchev–Trinajstić information content (AvgIpc) is 3.18. The summed E-state index contributed by atoms with van der Waals surface area (Å²) in [6.45, 7) is 12.6. The summed E-state index contributed by atoms with van der Waals surface area (Å²) >= 11 is 0. The standard InChI is InChI=1S/C28H42BNO6/c1-17(2)12-24(29-35-23-14-20-13-22(27(20,4)5)28(23,6)36-29)30-26(33)21(18(3)31)15-25(32)34-16-19-10-8-7-9-11-19/h7-11,17-18,20-24,31H,12-16H2,1-6H3,(H,30,33)/t18-,20+,21+,22+,23-,24+,28+/m1/s1. The van der Waals surface area contributed by atoms with Gasteiger partial charge in [-0.15, -0.1) is 0 Å². The number of ether oxygens (including phenoxy) is 1. The van der Waals surface area contributed by atoms with Gasteiger partial charge in [0.15, 0.2) is 0 Å². The van der Waals surface area contributed by atoms with E-state index < -0.39 is 25.1 Å². The van der Waals surface area contributed by atoms with Crippen LogP contribution in [0.25, 0.3) is 0 Å². The average molecular weight is 499 g/mol. The third-order valence-electron chi connectivity index (χ3n) is 8.90. The molecule has 1 amide bonds. The van der Waals surface area contributed by atoms with Crippen LogP contribution in [0.4, 0.5) is 0 Å². The molecule has 4 aliphatic rings. The second-order valence-electron chi connectivity index (χ2n) is 12.3. The van der Waals surface area contributed by atoms with Gasteiger partial charge >= 0.3 is 13.1 Å². The summed E-state index contributed by atoms with van der Waals surface area (Å²) < 4.78 is 18.4. The van der Waals surface area contributed by atoms with Crippen molar-refractivity contribution in [2.24, 2.45) is 29.1 Å². The summed E-state index contributed by atoms with van der Waals surface area (Å²) in [4.78, 5) is 25.8. The molecule has 2 bridgehead atoms. The summed E-state index contributed by atoms with van der Waals surface area (Å²) in [5.74, 6) is -0.834. The molecule has 7 atom stereocenters. The van der Waals surface area contributed by atoms with Crippen LogP contribution >= 0.6 is 0 Å². The Bertz CT molecular complexity index is 937. The van der Waals surface area contributed by atoms with Gasteiger partial charge in [-0.1, -0.05) is 58.0 Å². The summed E-state index contributed by atoms with van der Waals surface area (Å²) in [6, 6.07) is 9.38. The summed E-state index contributed by atoms with van der Waals surface area (Å²) in [5, 5.41) is 13.4. The van der Waals surface area contributed by atoms with Crippen molar-refractivity contribution in [3.05, 3.63) is 35.9 Å². The van der Waals surface area contributed by atoms with Gasteiger partial charge in [-0.2, -0.15) is 0 Å². The smallest absolute Gasteiger partial charge is 0.461 e. The number of carbonyl (C=O) groups excluding carboxylic acids is 2. The highest BCUT2D eigenvalue weighted by Gasteiger charge is 2.68. The van der Waals surface area contributed by atoms with Gasteiger partial charge in [-0.25, -0.2) is 0 Å². The molecule has 1 aromatic carbocycles. The normalized spacial score (nSPS) is 30.7. The minimum atomic E-state index is -1.01. The second-order valence-corrected chi connectivity index (χ2v) is 12.3. The fraction of sp³-hybridized carbons (Fsp3) is 0.714. The molecule has 2 N–H and O–H groups in total. The molecular formula is C28H42BNO6. The molecular weight excluding hydrogens is 457 g/mol. The number of aliphatic hydroxyl groups is 1. The topological polar surface area (TPSA) is 94.1 Å². The Morgan fingerprint density at radius 1 is 1.17 bits per heavy atom. The van der Waals surface area contributed by atoms with Crippen LogP contribution in [-0.2, 0) is 30.2 Å². The highest BCUT2D eigenvalue weighted by atomic mass is 16.7. The van der Waals surface area contributed by atoms with Crippen molar-refractivity contribution in [3.8, 4) is 0 Å². The van der Waals surface area contributed by atoms with Gasteiger partial charge in [-0.05, 0) is 61.8 Å². The van der Waals surface area contributed by atoms with Crippen molar-refractivity contribution in [3.63, 3.8) is 0 Å². The number of nitrogens with one attached hydrogen (secondary N) is 1. The first kappa shape index (κ1) is 27.1. The molecule has 0 spiro atoms. The van der Waals surface area contributed by atoms with E-state index in [-0.39, 0.29) is 42.0 Å². The van der Waals surface area contributed by atoms with Crippen molar-refractivity contribution in [1.29, 1.82) is 0 Å². The van der Waals surface area contributed by atoms with Crippen molar-refractivity contribution >= 4 is 19.0 Å². The molecule has 0 radical (unpaired) electrons. The van der Waals surface area contributed by atoms with E-state index in [2.05, 4.69) is 39.9 Å². The zero-order chi connectivity index (χ0) is 26.3. The van der Waals surface area contributed by atoms with Crippen LogP contribution in [-0.4, -0.2) is 47.9 Å². The lowest BCUT2D eigenvalue weighted by molar-refractivity contribution is -0.199. The van der Waals surface area contributed by atoms with Crippen LogP contribution in [0.15, 0.2) is 30.3 Å². The van der Waals surface area contributed by atoms with E-state index in [1.54, 1.807) is 0 Å². The highest BCUT2D eigenvalue weighted by Crippen LogP contribution is 2.65. The Labute approximate surface area is 215 Å². The first-order valence-corrected chi connectivity index (χ1v) is 13.4. The number of hydrogen-bond donors (Lipinski definition) is 2. The lowest BCUT2D eigenvalue weighted by atomic mass is 9.43.